The van der Waals surface area contributed by atoms with E-state index in [-0.39, 0.29) is 0 Å². The summed E-state index contributed by atoms with van der Waals surface area (Å²) in [4.78, 5) is 3.00. The third kappa shape index (κ3) is 2.35. The fraction of sp³-hybridized carbons (Fsp3) is 0.111. The summed E-state index contributed by atoms with van der Waals surface area (Å²) in [5.41, 5.74) is 1.24. The number of hydrogen-bond donors (Lipinski definition) is 1. The summed E-state index contributed by atoms with van der Waals surface area (Å²) in [7, 11) is 0. The molecule has 0 unspecified atom stereocenters. The molecule has 1 nitrogen and oxygen atoms in total. The van der Waals surface area contributed by atoms with E-state index >= 15 is 0 Å². The summed E-state index contributed by atoms with van der Waals surface area (Å²) in [6.07, 6.45) is 3.80. The van der Waals surface area contributed by atoms with E-state index in [0.29, 0.717) is 0 Å². The predicted octanol–water partition coefficient (Wildman–Crippen LogP) is 2.45. The molecule has 1 N–H and O–H groups in total. The normalized spacial score (nSPS) is 8.50. The Balaban J connectivity index is 3.13. The van der Waals surface area contributed by atoms with Gasteiger partial charge in [0.1, 0.15) is 0 Å². The first-order chi connectivity index (χ1) is 4.89. The maximum Gasteiger partial charge on any atom is 0.000706 e. The molecular weight excluding hydrogens is 122 g/mol. The Kier molecular flexibility index (Phi) is 2.56. The quantitative estimate of drug-likeness (QED) is 0.559. The lowest BCUT2D eigenvalue weighted by Crippen LogP contribution is -1.60. The first-order valence-corrected chi connectivity index (χ1v) is 3.32. The molecule has 0 bridgehead atoms. The maximum absolute atomic E-state index is 3.00. The van der Waals surface area contributed by atoms with Crippen LogP contribution in [0, 0.1) is 6.92 Å². The van der Waals surface area contributed by atoms with Crippen molar-refractivity contribution in [3.63, 3.8) is 0 Å². The molecule has 1 aromatic rings. The van der Waals surface area contributed by atoms with Crippen LogP contribution in [0.1, 0.15) is 5.56 Å². The molecule has 52 valence electrons. The van der Waals surface area contributed by atoms with Gasteiger partial charge in [0, 0.05) is 12.4 Å². The van der Waals surface area contributed by atoms with E-state index in [1.54, 1.807) is 0 Å². The molecule has 0 spiro atoms. The van der Waals surface area contributed by atoms with Gasteiger partial charge >= 0.3 is 0 Å². The summed E-state index contributed by atoms with van der Waals surface area (Å²) in [5, 5.41) is 0. The predicted molar refractivity (Wildman–Crippen MR) is 43.2 cm³/mol. The van der Waals surface area contributed by atoms with Gasteiger partial charge in [-0.2, -0.15) is 0 Å². The van der Waals surface area contributed by atoms with Crippen LogP contribution >= 0.6 is 0 Å². The molecule has 10 heavy (non-hydrogen) atoms. The third-order valence-corrected chi connectivity index (χ3v) is 1.22. The molecule has 1 aromatic heterocycles. The maximum atomic E-state index is 3.00. The Morgan fingerprint density at radius 3 is 2.80 bits per heavy atom. The fourth-order valence-electron chi connectivity index (χ4n) is 0.673. The van der Waals surface area contributed by atoms with Gasteiger partial charge in [-0.05, 0) is 24.6 Å². The number of H-pyrrole nitrogens is 1. The van der Waals surface area contributed by atoms with Crippen molar-refractivity contribution in [1.82, 2.24) is 4.98 Å². The Bertz CT molecular complexity index is 212. The SMILES string of the molecule is Cc1ccccc[nH]cc1. The van der Waals surface area contributed by atoms with Gasteiger partial charge in [-0.25, -0.2) is 0 Å². The lowest BCUT2D eigenvalue weighted by atomic mass is 10.3. The van der Waals surface area contributed by atoms with E-state index in [1.165, 1.54) is 5.56 Å². The Morgan fingerprint density at radius 2 is 1.90 bits per heavy atom. The molecule has 1 heterocycles. The van der Waals surface area contributed by atoms with Crippen LogP contribution < -0.4 is 0 Å². The average Bonchev–Trinajstić information content (AvgIpc) is 2.02. The topological polar surface area (TPSA) is 15.8 Å². The lowest BCUT2D eigenvalue weighted by Gasteiger charge is -1.77. The Labute approximate surface area is 61.0 Å². The molecule has 0 aromatic carbocycles. The van der Waals surface area contributed by atoms with Crippen molar-refractivity contribution in [2.24, 2.45) is 0 Å². The average molecular weight is 133 g/mol. The summed E-state index contributed by atoms with van der Waals surface area (Å²) in [6, 6.07) is 10.1. The number of nitrogens with one attached hydrogen (secondary N) is 1. The summed E-state index contributed by atoms with van der Waals surface area (Å²) in [6.45, 7) is 2.06. The van der Waals surface area contributed by atoms with Crippen molar-refractivity contribution in [3.8, 4) is 0 Å². The van der Waals surface area contributed by atoms with Gasteiger partial charge in [-0.3, -0.25) is 0 Å². The summed E-state index contributed by atoms with van der Waals surface area (Å²) < 4.78 is 0. The number of hydrogen-bond acceptors (Lipinski definition) is 0. The smallest absolute Gasteiger partial charge is 0.000706 e. The highest BCUT2D eigenvalue weighted by atomic mass is 14.6. The molecular formula is C9H11N. The molecule has 1 heteroatoms. The van der Waals surface area contributed by atoms with Crippen molar-refractivity contribution in [3.05, 3.63) is 48.3 Å². The first kappa shape index (κ1) is 6.87. The van der Waals surface area contributed by atoms with Crippen LogP contribution in [-0.2, 0) is 0 Å². The highest BCUT2D eigenvalue weighted by molar-refractivity contribution is 5.06. The van der Waals surface area contributed by atoms with Crippen LogP contribution in [0.25, 0.3) is 0 Å². The van der Waals surface area contributed by atoms with Crippen LogP contribution in [0.5, 0.6) is 0 Å². The second kappa shape index (κ2) is 3.72. The van der Waals surface area contributed by atoms with Gasteiger partial charge in [0.15, 0.2) is 0 Å². The lowest BCUT2D eigenvalue weighted by molar-refractivity contribution is 1.34. The molecule has 0 amide bonds. The van der Waals surface area contributed by atoms with Crippen LogP contribution in [-0.4, -0.2) is 4.98 Å². The Hall–Kier alpha value is -1.24. The van der Waals surface area contributed by atoms with Crippen molar-refractivity contribution in [1.29, 1.82) is 0 Å². The second-order valence-corrected chi connectivity index (χ2v) is 2.15. The van der Waals surface area contributed by atoms with E-state index < -0.39 is 0 Å². The highest BCUT2D eigenvalue weighted by Crippen LogP contribution is 1.88. The zero-order valence-electron chi connectivity index (χ0n) is 6.04. The van der Waals surface area contributed by atoms with Crippen LogP contribution in [0.3, 0.4) is 0 Å². The van der Waals surface area contributed by atoms with E-state index in [1.807, 2.05) is 36.7 Å². The van der Waals surface area contributed by atoms with Crippen LogP contribution in [0.2, 0.25) is 0 Å². The zero-order valence-corrected chi connectivity index (χ0v) is 6.04. The molecule has 1 rings (SSSR count). The molecule has 0 radical (unpaired) electrons. The molecule has 0 aliphatic rings. The van der Waals surface area contributed by atoms with Crippen LogP contribution in [0.15, 0.2) is 42.7 Å². The monoisotopic (exact) mass is 133 g/mol. The van der Waals surface area contributed by atoms with Gasteiger partial charge in [-0.1, -0.05) is 18.2 Å². The van der Waals surface area contributed by atoms with E-state index in [2.05, 4.69) is 18.0 Å². The van der Waals surface area contributed by atoms with Gasteiger partial charge in [-0.15, -0.1) is 0 Å². The number of rotatable bonds is 0. The zero-order chi connectivity index (χ0) is 7.23. The van der Waals surface area contributed by atoms with E-state index in [4.69, 9.17) is 0 Å². The minimum atomic E-state index is 1.24. The second-order valence-electron chi connectivity index (χ2n) is 2.15. The van der Waals surface area contributed by atoms with Gasteiger partial charge in [0.05, 0.1) is 0 Å². The minimum absolute atomic E-state index is 1.24. The molecule has 0 aliphatic heterocycles. The third-order valence-electron chi connectivity index (χ3n) is 1.22. The molecule has 0 saturated heterocycles. The van der Waals surface area contributed by atoms with Crippen molar-refractivity contribution >= 4 is 0 Å². The summed E-state index contributed by atoms with van der Waals surface area (Å²) in [5.74, 6) is 0. The minimum Gasteiger partial charge on any atom is -0.368 e. The van der Waals surface area contributed by atoms with Crippen molar-refractivity contribution < 1.29 is 0 Å². The molecule has 0 aliphatic carbocycles. The van der Waals surface area contributed by atoms with Crippen molar-refractivity contribution in [2.45, 2.75) is 6.92 Å². The Morgan fingerprint density at radius 1 is 1.00 bits per heavy atom. The standard InChI is InChI=1S/C9H11N/c1-9-5-3-2-4-7-10-8-6-9/h2-8,10H,1H3. The molecule has 0 saturated carbocycles. The first-order valence-electron chi connectivity index (χ1n) is 3.32. The van der Waals surface area contributed by atoms with E-state index in [0.717, 1.165) is 0 Å². The van der Waals surface area contributed by atoms with Gasteiger partial charge in [0.2, 0.25) is 0 Å². The number of aryl methyl sites for hydroxylation is 1. The summed E-state index contributed by atoms with van der Waals surface area (Å²) >= 11 is 0. The molecule has 0 atom stereocenters. The van der Waals surface area contributed by atoms with Crippen LogP contribution in [0.4, 0.5) is 0 Å². The van der Waals surface area contributed by atoms with Gasteiger partial charge in [0.25, 0.3) is 0 Å². The largest absolute Gasteiger partial charge is 0.368 e. The van der Waals surface area contributed by atoms with Crippen molar-refractivity contribution in [2.75, 3.05) is 0 Å². The van der Waals surface area contributed by atoms with E-state index in [9.17, 15) is 0 Å². The van der Waals surface area contributed by atoms with Gasteiger partial charge < -0.3 is 4.98 Å². The highest BCUT2D eigenvalue weighted by Gasteiger charge is 1.69. The number of aromatic nitrogens is 1. The number of aromatic amines is 1. The molecule has 0 fully saturated rings. The fourth-order valence-corrected chi connectivity index (χ4v) is 0.673.